The second-order valence-electron chi connectivity index (χ2n) is 3.72. The Morgan fingerprint density at radius 2 is 2.16 bits per heavy atom. The summed E-state index contributed by atoms with van der Waals surface area (Å²) < 4.78 is 21.7. The SMILES string of the molecule is CCS(=O)(=O)[C@@](Cl)(I)[C@@H](O)c1cccc([N+](=O)[O-])c1. The minimum absolute atomic E-state index is 0.0793. The molecule has 106 valence electrons. The van der Waals surface area contributed by atoms with Gasteiger partial charge in [-0.3, -0.25) is 10.1 Å². The summed E-state index contributed by atoms with van der Waals surface area (Å²) in [4.78, 5) is 10.0. The van der Waals surface area contributed by atoms with E-state index in [9.17, 15) is 23.6 Å². The van der Waals surface area contributed by atoms with Gasteiger partial charge in [0, 0.05) is 12.1 Å². The molecular formula is C10H11ClINO5S. The van der Waals surface area contributed by atoms with E-state index in [0.717, 1.165) is 6.07 Å². The van der Waals surface area contributed by atoms with Crippen molar-refractivity contribution in [2.75, 3.05) is 5.75 Å². The molecule has 6 nitrogen and oxygen atoms in total. The summed E-state index contributed by atoms with van der Waals surface area (Å²) in [5, 5.41) is 20.7. The maximum Gasteiger partial charge on any atom is 0.269 e. The van der Waals surface area contributed by atoms with Crippen molar-refractivity contribution in [3.8, 4) is 0 Å². The summed E-state index contributed by atoms with van der Waals surface area (Å²) in [5.41, 5.74) is -0.162. The number of benzene rings is 1. The molecule has 0 aromatic heterocycles. The molecule has 1 aromatic rings. The van der Waals surface area contributed by atoms with Crippen molar-refractivity contribution in [1.29, 1.82) is 0 Å². The average molecular weight is 420 g/mol. The van der Waals surface area contributed by atoms with E-state index in [4.69, 9.17) is 11.6 Å². The highest BCUT2D eigenvalue weighted by Gasteiger charge is 2.45. The van der Waals surface area contributed by atoms with Crippen LogP contribution in [-0.2, 0) is 9.84 Å². The van der Waals surface area contributed by atoms with Crippen LogP contribution in [0.3, 0.4) is 0 Å². The number of sulfone groups is 1. The fourth-order valence-electron chi connectivity index (χ4n) is 1.36. The van der Waals surface area contributed by atoms with Crippen molar-refractivity contribution in [3.63, 3.8) is 0 Å². The van der Waals surface area contributed by atoms with Crippen LogP contribution in [0.15, 0.2) is 24.3 Å². The molecule has 0 fully saturated rings. The molecule has 1 N–H and O–H groups in total. The van der Waals surface area contributed by atoms with Crippen LogP contribution >= 0.6 is 34.2 Å². The third-order valence-corrected chi connectivity index (χ3v) is 7.84. The summed E-state index contributed by atoms with van der Waals surface area (Å²) in [6.45, 7) is 1.41. The van der Waals surface area contributed by atoms with E-state index in [0.29, 0.717) is 0 Å². The molecule has 19 heavy (non-hydrogen) atoms. The van der Waals surface area contributed by atoms with Crippen LogP contribution in [0.25, 0.3) is 0 Å². The van der Waals surface area contributed by atoms with Gasteiger partial charge in [-0.05, 0) is 28.2 Å². The third-order valence-electron chi connectivity index (χ3n) is 2.51. The molecule has 1 aromatic carbocycles. The van der Waals surface area contributed by atoms with Gasteiger partial charge in [-0.15, -0.1) is 0 Å². The Bertz CT molecular complexity index is 589. The fraction of sp³-hybridized carbons (Fsp3) is 0.400. The standard InChI is InChI=1S/C10H11ClINO5S/c1-2-19(17,18)10(11,12)9(14)7-4-3-5-8(6-7)13(15)16/h3-6,9,14H,2H2,1H3/t9-,10-/m0/s1. The van der Waals surface area contributed by atoms with Crippen molar-refractivity contribution < 1.29 is 18.4 Å². The number of aliphatic hydroxyl groups excluding tert-OH is 1. The number of aliphatic hydroxyl groups is 1. The smallest absolute Gasteiger partial charge is 0.269 e. The second kappa shape index (κ2) is 5.90. The lowest BCUT2D eigenvalue weighted by atomic mass is 10.1. The molecule has 0 amide bonds. The number of nitrogens with zero attached hydrogens (tertiary/aromatic N) is 1. The van der Waals surface area contributed by atoms with Gasteiger partial charge in [-0.1, -0.05) is 30.7 Å². The summed E-state index contributed by atoms with van der Waals surface area (Å²) in [6.07, 6.45) is -1.57. The fourth-order valence-corrected chi connectivity index (χ4v) is 3.97. The minimum Gasteiger partial charge on any atom is -0.385 e. The van der Waals surface area contributed by atoms with Crippen LogP contribution in [0.4, 0.5) is 5.69 Å². The number of alkyl halides is 2. The number of rotatable bonds is 5. The molecule has 0 heterocycles. The zero-order valence-electron chi connectivity index (χ0n) is 9.79. The first-order valence-corrected chi connectivity index (χ1v) is 8.27. The first-order valence-electron chi connectivity index (χ1n) is 5.16. The molecule has 1 rings (SSSR count). The summed E-state index contributed by atoms with van der Waals surface area (Å²) in [7, 11) is -3.75. The average Bonchev–Trinajstić information content (AvgIpc) is 2.37. The molecule has 0 aliphatic rings. The van der Waals surface area contributed by atoms with Crippen molar-refractivity contribution in [3.05, 3.63) is 39.9 Å². The number of hydrogen-bond donors (Lipinski definition) is 1. The number of nitro groups is 1. The van der Waals surface area contributed by atoms with E-state index in [1.165, 1.54) is 47.7 Å². The molecule has 0 radical (unpaired) electrons. The van der Waals surface area contributed by atoms with Crippen LogP contribution in [0, 0.1) is 10.1 Å². The van der Waals surface area contributed by atoms with E-state index in [1.807, 2.05) is 0 Å². The highest BCUT2D eigenvalue weighted by molar-refractivity contribution is 14.1. The van der Waals surface area contributed by atoms with E-state index in [-0.39, 0.29) is 17.0 Å². The highest BCUT2D eigenvalue weighted by Crippen LogP contribution is 2.43. The van der Waals surface area contributed by atoms with Gasteiger partial charge in [0.25, 0.3) is 5.69 Å². The van der Waals surface area contributed by atoms with E-state index >= 15 is 0 Å². The third kappa shape index (κ3) is 3.36. The van der Waals surface area contributed by atoms with Crippen molar-refractivity contribution in [1.82, 2.24) is 0 Å². The largest absolute Gasteiger partial charge is 0.385 e. The molecule has 2 atom stereocenters. The number of halogens is 2. The first kappa shape index (κ1) is 16.6. The monoisotopic (exact) mass is 419 g/mol. The topological polar surface area (TPSA) is 97.5 Å². The Morgan fingerprint density at radius 3 is 2.63 bits per heavy atom. The lowest BCUT2D eigenvalue weighted by Gasteiger charge is -2.25. The molecule has 0 saturated carbocycles. The molecule has 0 aliphatic carbocycles. The lowest BCUT2D eigenvalue weighted by Crippen LogP contribution is -2.34. The van der Waals surface area contributed by atoms with E-state index in [2.05, 4.69) is 0 Å². The van der Waals surface area contributed by atoms with E-state index in [1.54, 1.807) is 0 Å². The Kier molecular flexibility index (Phi) is 5.15. The summed E-state index contributed by atoms with van der Waals surface area (Å²) in [5.74, 6) is -0.245. The Labute approximate surface area is 129 Å². The quantitative estimate of drug-likeness (QED) is 0.342. The Morgan fingerprint density at radius 1 is 1.58 bits per heavy atom. The lowest BCUT2D eigenvalue weighted by molar-refractivity contribution is -0.385. The zero-order valence-corrected chi connectivity index (χ0v) is 13.5. The van der Waals surface area contributed by atoms with Gasteiger partial charge in [-0.2, -0.15) is 0 Å². The van der Waals surface area contributed by atoms with Crippen LogP contribution in [0.2, 0.25) is 0 Å². The summed E-state index contributed by atoms with van der Waals surface area (Å²) >= 11 is 7.36. The normalized spacial score (nSPS) is 16.6. The van der Waals surface area contributed by atoms with Gasteiger partial charge < -0.3 is 5.11 Å². The first-order chi connectivity index (χ1) is 8.63. The van der Waals surface area contributed by atoms with E-state index < -0.39 is 23.1 Å². The zero-order chi connectivity index (χ0) is 14.8. The van der Waals surface area contributed by atoms with Crippen molar-refractivity contribution in [2.24, 2.45) is 0 Å². The van der Waals surface area contributed by atoms with Crippen LogP contribution in [0.1, 0.15) is 18.6 Å². The predicted octanol–water partition coefficient (Wildman–Crippen LogP) is 2.39. The van der Waals surface area contributed by atoms with Gasteiger partial charge in [-0.25, -0.2) is 8.42 Å². The Balaban J connectivity index is 3.24. The predicted molar refractivity (Wildman–Crippen MR) is 80.1 cm³/mol. The van der Waals surface area contributed by atoms with Crippen LogP contribution < -0.4 is 0 Å². The molecule has 0 bridgehead atoms. The van der Waals surface area contributed by atoms with Gasteiger partial charge in [0.2, 0.25) is 2.21 Å². The van der Waals surface area contributed by atoms with Crippen LogP contribution in [0.5, 0.6) is 0 Å². The molecule has 9 heteroatoms. The molecule has 0 spiro atoms. The number of non-ortho nitro benzene ring substituents is 1. The van der Waals surface area contributed by atoms with Gasteiger partial charge in [0.1, 0.15) is 6.10 Å². The molecular weight excluding hydrogens is 409 g/mol. The number of hydrogen-bond acceptors (Lipinski definition) is 5. The van der Waals surface area contributed by atoms with Gasteiger partial charge in [0.15, 0.2) is 9.84 Å². The number of nitro benzene ring substituents is 1. The Hall–Kier alpha value is -0.450. The van der Waals surface area contributed by atoms with Crippen molar-refractivity contribution in [2.45, 2.75) is 15.2 Å². The second-order valence-corrected chi connectivity index (χ2v) is 10.1. The van der Waals surface area contributed by atoms with Gasteiger partial charge >= 0.3 is 0 Å². The maximum absolute atomic E-state index is 11.8. The molecule has 0 saturated heterocycles. The molecule has 0 aliphatic heterocycles. The highest BCUT2D eigenvalue weighted by atomic mass is 127. The summed E-state index contributed by atoms with van der Waals surface area (Å²) in [6, 6.07) is 5.09. The molecule has 0 unspecified atom stereocenters. The van der Waals surface area contributed by atoms with Crippen molar-refractivity contribution >= 4 is 49.7 Å². The van der Waals surface area contributed by atoms with Gasteiger partial charge in [0.05, 0.1) is 10.7 Å². The van der Waals surface area contributed by atoms with Crippen LogP contribution in [-0.4, -0.2) is 26.4 Å². The minimum atomic E-state index is -3.75. The maximum atomic E-state index is 11.8.